The summed E-state index contributed by atoms with van der Waals surface area (Å²) < 4.78 is 0. The number of benzene rings is 1. The molecule has 3 fully saturated rings. The molecule has 3 saturated heterocycles. The highest BCUT2D eigenvalue weighted by Gasteiger charge is 2.50. The minimum Gasteiger partial charge on any atom is -0.342 e. The summed E-state index contributed by atoms with van der Waals surface area (Å²) in [5.74, 6) is 1.41. The lowest BCUT2D eigenvalue weighted by Crippen LogP contribution is -2.44. The van der Waals surface area contributed by atoms with Crippen molar-refractivity contribution in [1.29, 1.82) is 0 Å². The van der Waals surface area contributed by atoms with Crippen molar-refractivity contribution in [3.05, 3.63) is 35.4 Å². The Labute approximate surface area is 187 Å². The number of hydrogen-bond donors (Lipinski definition) is 0. The second-order valence-electron chi connectivity index (χ2n) is 9.96. The van der Waals surface area contributed by atoms with Crippen LogP contribution >= 0.6 is 0 Å². The van der Waals surface area contributed by atoms with Crippen LogP contribution in [0.1, 0.15) is 36.9 Å². The average Bonchev–Trinajstić information content (AvgIpc) is 3.31. The van der Waals surface area contributed by atoms with Gasteiger partial charge in [0.1, 0.15) is 0 Å². The number of rotatable bonds is 5. The Morgan fingerprint density at radius 1 is 1.06 bits per heavy atom. The number of carbonyl (C=O) groups is 2. The van der Waals surface area contributed by atoms with E-state index < -0.39 is 0 Å². The Morgan fingerprint density at radius 2 is 1.77 bits per heavy atom. The van der Waals surface area contributed by atoms with E-state index in [1.807, 2.05) is 19.0 Å². The van der Waals surface area contributed by atoms with E-state index in [-0.39, 0.29) is 17.9 Å². The predicted octanol–water partition coefficient (Wildman–Crippen LogP) is 2.25. The van der Waals surface area contributed by atoms with Gasteiger partial charge in [-0.3, -0.25) is 9.59 Å². The second-order valence-corrected chi connectivity index (χ2v) is 9.96. The Bertz CT molecular complexity index is 802. The second kappa shape index (κ2) is 9.29. The topological polar surface area (TPSA) is 47.1 Å². The van der Waals surface area contributed by atoms with Crippen molar-refractivity contribution in [3.63, 3.8) is 0 Å². The van der Waals surface area contributed by atoms with E-state index in [1.165, 1.54) is 11.1 Å². The maximum atomic E-state index is 13.3. The SMILES string of the molecule is CCN1CCC(C(=O)N2C[C@@H]3CN(C(=O)CN(C)C)[C@@H](c4ccccc4C)[C@@H]3C2)CC1. The largest absolute Gasteiger partial charge is 0.342 e. The molecule has 3 heterocycles. The summed E-state index contributed by atoms with van der Waals surface area (Å²) in [7, 11) is 3.89. The maximum Gasteiger partial charge on any atom is 0.237 e. The molecule has 0 aliphatic carbocycles. The zero-order valence-electron chi connectivity index (χ0n) is 19.6. The summed E-state index contributed by atoms with van der Waals surface area (Å²) >= 11 is 0. The van der Waals surface area contributed by atoms with E-state index >= 15 is 0 Å². The number of hydrogen-bond acceptors (Lipinski definition) is 4. The van der Waals surface area contributed by atoms with Crippen molar-refractivity contribution in [2.75, 3.05) is 59.9 Å². The molecule has 6 nitrogen and oxygen atoms in total. The molecular formula is C25H38N4O2. The summed E-state index contributed by atoms with van der Waals surface area (Å²) in [6.45, 7) is 10.2. The van der Waals surface area contributed by atoms with Gasteiger partial charge in [0.2, 0.25) is 11.8 Å². The number of nitrogens with zero attached hydrogens (tertiary/aromatic N) is 4. The van der Waals surface area contributed by atoms with Gasteiger partial charge in [0.15, 0.2) is 0 Å². The lowest BCUT2D eigenvalue weighted by atomic mass is 9.87. The fraction of sp³-hybridized carbons (Fsp3) is 0.680. The number of likely N-dealkylation sites (tertiary alicyclic amines) is 3. The van der Waals surface area contributed by atoms with Gasteiger partial charge in [0, 0.05) is 37.4 Å². The third-order valence-corrected chi connectivity index (χ3v) is 7.64. The van der Waals surface area contributed by atoms with Crippen LogP contribution in [0.15, 0.2) is 24.3 Å². The molecule has 0 saturated carbocycles. The zero-order chi connectivity index (χ0) is 22.1. The molecule has 170 valence electrons. The summed E-state index contributed by atoms with van der Waals surface area (Å²) in [5, 5.41) is 0. The molecule has 0 aromatic heterocycles. The molecule has 0 spiro atoms. The first kappa shape index (κ1) is 22.3. The molecule has 0 bridgehead atoms. The van der Waals surface area contributed by atoms with Crippen LogP contribution in [-0.2, 0) is 9.59 Å². The van der Waals surface area contributed by atoms with Gasteiger partial charge in [0.25, 0.3) is 0 Å². The van der Waals surface area contributed by atoms with Crippen molar-refractivity contribution in [3.8, 4) is 0 Å². The number of amides is 2. The first-order valence-electron chi connectivity index (χ1n) is 11.9. The highest BCUT2D eigenvalue weighted by molar-refractivity contribution is 5.81. The molecule has 6 heteroatoms. The molecule has 31 heavy (non-hydrogen) atoms. The van der Waals surface area contributed by atoms with Crippen LogP contribution in [0.4, 0.5) is 0 Å². The molecular weight excluding hydrogens is 388 g/mol. The Hall–Kier alpha value is -1.92. The van der Waals surface area contributed by atoms with Crippen molar-refractivity contribution in [1.82, 2.24) is 19.6 Å². The minimum absolute atomic E-state index is 0.0680. The van der Waals surface area contributed by atoms with E-state index in [0.717, 1.165) is 52.1 Å². The van der Waals surface area contributed by atoms with Gasteiger partial charge in [-0.25, -0.2) is 0 Å². The standard InChI is InChI=1S/C25H38N4O2/c1-5-27-12-10-19(11-13-27)25(31)28-14-20-15-29(23(30)17-26(3)4)24(22(20)16-28)21-9-7-6-8-18(21)2/h6-9,19-20,22,24H,5,10-17H2,1-4H3/t20-,22-,24+/m1/s1. The van der Waals surface area contributed by atoms with Crippen LogP contribution in [0.5, 0.6) is 0 Å². The maximum absolute atomic E-state index is 13.3. The molecule has 3 aliphatic heterocycles. The van der Waals surface area contributed by atoms with Crippen molar-refractivity contribution < 1.29 is 9.59 Å². The monoisotopic (exact) mass is 426 g/mol. The first-order chi connectivity index (χ1) is 14.9. The van der Waals surface area contributed by atoms with E-state index in [1.54, 1.807) is 0 Å². The Balaban J connectivity index is 1.51. The van der Waals surface area contributed by atoms with Gasteiger partial charge in [-0.05, 0) is 64.6 Å². The van der Waals surface area contributed by atoms with Crippen LogP contribution < -0.4 is 0 Å². The lowest BCUT2D eigenvalue weighted by Gasteiger charge is -2.34. The van der Waals surface area contributed by atoms with Gasteiger partial charge in [-0.15, -0.1) is 0 Å². The fourth-order valence-corrected chi connectivity index (χ4v) is 5.91. The predicted molar refractivity (Wildman–Crippen MR) is 123 cm³/mol. The lowest BCUT2D eigenvalue weighted by molar-refractivity contribution is -0.137. The van der Waals surface area contributed by atoms with Crippen molar-refractivity contribution in [2.45, 2.75) is 32.7 Å². The molecule has 1 aromatic carbocycles. The molecule has 2 amide bonds. The average molecular weight is 427 g/mol. The van der Waals surface area contributed by atoms with Gasteiger partial charge < -0.3 is 19.6 Å². The van der Waals surface area contributed by atoms with Crippen LogP contribution in [-0.4, -0.2) is 91.3 Å². The smallest absolute Gasteiger partial charge is 0.237 e. The quantitative estimate of drug-likeness (QED) is 0.725. The minimum atomic E-state index is 0.0680. The van der Waals surface area contributed by atoms with E-state index in [9.17, 15) is 9.59 Å². The molecule has 0 radical (unpaired) electrons. The van der Waals surface area contributed by atoms with E-state index in [4.69, 9.17) is 0 Å². The van der Waals surface area contributed by atoms with Crippen LogP contribution in [0.3, 0.4) is 0 Å². The molecule has 1 aromatic rings. The highest BCUT2D eigenvalue weighted by atomic mass is 16.2. The highest BCUT2D eigenvalue weighted by Crippen LogP contribution is 2.46. The van der Waals surface area contributed by atoms with E-state index in [0.29, 0.717) is 24.3 Å². The molecule has 3 aliphatic rings. The van der Waals surface area contributed by atoms with Crippen LogP contribution in [0.25, 0.3) is 0 Å². The Morgan fingerprint density at radius 3 is 2.42 bits per heavy atom. The normalized spacial score (nSPS) is 27.2. The Kier molecular flexibility index (Phi) is 6.68. The van der Waals surface area contributed by atoms with E-state index in [2.05, 4.69) is 52.8 Å². The fourth-order valence-electron chi connectivity index (χ4n) is 5.91. The van der Waals surface area contributed by atoms with Crippen molar-refractivity contribution >= 4 is 11.8 Å². The molecule has 0 N–H and O–H groups in total. The van der Waals surface area contributed by atoms with Gasteiger partial charge >= 0.3 is 0 Å². The number of carbonyl (C=O) groups excluding carboxylic acids is 2. The van der Waals surface area contributed by atoms with Crippen LogP contribution in [0.2, 0.25) is 0 Å². The van der Waals surface area contributed by atoms with Gasteiger partial charge in [-0.1, -0.05) is 31.2 Å². The summed E-state index contributed by atoms with van der Waals surface area (Å²) in [6, 6.07) is 8.51. The summed E-state index contributed by atoms with van der Waals surface area (Å²) in [5.41, 5.74) is 2.47. The third kappa shape index (κ3) is 4.51. The van der Waals surface area contributed by atoms with Gasteiger partial charge in [-0.2, -0.15) is 0 Å². The third-order valence-electron chi connectivity index (χ3n) is 7.64. The number of fused-ring (bicyclic) bond motifs is 1. The summed E-state index contributed by atoms with van der Waals surface area (Å²) in [6.07, 6.45) is 1.96. The number of piperidine rings is 1. The molecule has 4 rings (SSSR count). The molecule has 0 unspecified atom stereocenters. The number of aryl methyl sites for hydroxylation is 1. The summed E-state index contributed by atoms with van der Waals surface area (Å²) in [4.78, 5) is 35.0. The van der Waals surface area contributed by atoms with Crippen LogP contribution in [0, 0.1) is 24.7 Å². The number of likely N-dealkylation sites (N-methyl/N-ethyl adjacent to an activating group) is 1. The first-order valence-corrected chi connectivity index (χ1v) is 11.9. The van der Waals surface area contributed by atoms with Gasteiger partial charge in [0.05, 0.1) is 12.6 Å². The zero-order valence-corrected chi connectivity index (χ0v) is 19.6. The molecule has 3 atom stereocenters. The van der Waals surface area contributed by atoms with Crippen molar-refractivity contribution in [2.24, 2.45) is 17.8 Å².